The first kappa shape index (κ1) is 13.2. The quantitative estimate of drug-likeness (QED) is 0.694. The molecule has 6 heteroatoms. The van der Waals surface area contributed by atoms with Crippen molar-refractivity contribution in [2.75, 3.05) is 25.1 Å². The summed E-state index contributed by atoms with van der Waals surface area (Å²) in [7, 11) is 0. The molecule has 1 heterocycles. The van der Waals surface area contributed by atoms with Gasteiger partial charge in [-0.05, 0) is 13.3 Å². The number of hydrogen-bond donors (Lipinski definition) is 1. The van der Waals surface area contributed by atoms with Gasteiger partial charge in [0.15, 0.2) is 0 Å². The Morgan fingerprint density at radius 3 is 2.47 bits per heavy atom. The van der Waals surface area contributed by atoms with Crippen LogP contribution < -0.4 is 14.8 Å². The van der Waals surface area contributed by atoms with Gasteiger partial charge in [0, 0.05) is 6.54 Å². The molecule has 0 aliphatic carbocycles. The number of anilines is 1. The fourth-order valence-electron chi connectivity index (χ4n) is 1.03. The average molecular weight is 238 g/mol. The van der Waals surface area contributed by atoms with E-state index in [4.69, 9.17) is 9.47 Å². The van der Waals surface area contributed by atoms with Crippen LogP contribution >= 0.6 is 0 Å². The Balaban J connectivity index is 2.79. The van der Waals surface area contributed by atoms with Gasteiger partial charge in [-0.15, -0.1) is 4.98 Å². The zero-order valence-electron chi connectivity index (χ0n) is 10.3. The van der Waals surface area contributed by atoms with Gasteiger partial charge < -0.3 is 14.8 Å². The number of ether oxygens (including phenoxy) is 2. The average Bonchev–Trinajstić information content (AvgIpc) is 2.34. The molecule has 0 unspecified atom stereocenters. The van der Waals surface area contributed by atoms with E-state index in [2.05, 4.69) is 26.8 Å². The van der Waals surface area contributed by atoms with Crippen LogP contribution in [-0.4, -0.2) is 34.7 Å². The van der Waals surface area contributed by atoms with Gasteiger partial charge in [0.25, 0.3) is 0 Å². The van der Waals surface area contributed by atoms with Gasteiger partial charge in [0.05, 0.1) is 6.61 Å². The standard InChI is InChI=1S/C11H18N4O2/c1-4-7-16-10-13-9(12-6-3)14-11(15-10)17-8-5-2/h4H,1,5-8H2,2-3H3,(H,12,13,14,15). The van der Waals surface area contributed by atoms with Crippen molar-refractivity contribution < 1.29 is 9.47 Å². The number of aromatic nitrogens is 3. The van der Waals surface area contributed by atoms with E-state index in [0.29, 0.717) is 19.2 Å². The molecule has 94 valence electrons. The summed E-state index contributed by atoms with van der Waals surface area (Å²) in [6.45, 7) is 9.17. The molecule has 0 spiro atoms. The Kier molecular flexibility index (Phi) is 5.77. The normalized spacial score (nSPS) is 9.76. The molecule has 1 aromatic heterocycles. The SMILES string of the molecule is C=CCOc1nc(NCC)nc(OCCC)n1. The highest BCUT2D eigenvalue weighted by molar-refractivity contribution is 5.27. The smallest absolute Gasteiger partial charge is 0.324 e. The molecule has 1 aromatic rings. The summed E-state index contributed by atoms with van der Waals surface area (Å²) in [6.07, 6.45) is 2.52. The van der Waals surface area contributed by atoms with Crippen LogP contribution in [0, 0.1) is 0 Å². The van der Waals surface area contributed by atoms with Crippen LogP contribution in [0.2, 0.25) is 0 Å². The minimum Gasteiger partial charge on any atom is -0.463 e. The van der Waals surface area contributed by atoms with Gasteiger partial charge in [-0.25, -0.2) is 0 Å². The maximum absolute atomic E-state index is 5.35. The maximum atomic E-state index is 5.35. The van der Waals surface area contributed by atoms with Crippen molar-refractivity contribution in [2.24, 2.45) is 0 Å². The van der Waals surface area contributed by atoms with E-state index in [-0.39, 0.29) is 12.0 Å². The van der Waals surface area contributed by atoms with Crippen molar-refractivity contribution in [1.29, 1.82) is 0 Å². The molecule has 1 rings (SSSR count). The molecule has 0 atom stereocenters. The third-order valence-corrected chi connectivity index (χ3v) is 1.69. The molecule has 0 bridgehead atoms. The second kappa shape index (κ2) is 7.43. The third-order valence-electron chi connectivity index (χ3n) is 1.69. The van der Waals surface area contributed by atoms with Crippen molar-refractivity contribution in [3.63, 3.8) is 0 Å². The molecule has 0 radical (unpaired) electrons. The second-order valence-corrected chi connectivity index (χ2v) is 3.20. The molecule has 0 amide bonds. The van der Waals surface area contributed by atoms with Crippen molar-refractivity contribution in [2.45, 2.75) is 20.3 Å². The first-order chi connectivity index (χ1) is 8.30. The predicted octanol–water partition coefficient (Wildman–Crippen LogP) is 1.66. The Labute approximate surface area is 101 Å². The highest BCUT2D eigenvalue weighted by atomic mass is 16.5. The Hall–Kier alpha value is -1.85. The third kappa shape index (κ3) is 4.67. The second-order valence-electron chi connectivity index (χ2n) is 3.20. The van der Waals surface area contributed by atoms with Crippen molar-refractivity contribution >= 4 is 5.95 Å². The first-order valence-corrected chi connectivity index (χ1v) is 5.66. The largest absolute Gasteiger partial charge is 0.463 e. The van der Waals surface area contributed by atoms with Crippen molar-refractivity contribution in [3.8, 4) is 12.0 Å². The number of hydrogen-bond acceptors (Lipinski definition) is 6. The summed E-state index contributed by atoms with van der Waals surface area (Å²) in [4.78, 5) is 12.2. The number of rotatable bonds is 8. The molecule has 17 heavy (non-hydrogen) atoms. The van der Waals surface area contributed by atoms with Crippen LogP contribution in [0.1, 0.15) is 20.3 Å². The zero-order chi connectivity index (χ0) is 12.5. The number of nitrogens with zero attached hydrogens (tertiary/aromatic N) is 3. The lowest BCUT2D eigenvalue weighted by Gasteiger charge is -2.08. The van der Waals surface area contributed by atoms with E-state index in [0.717, 1.165) is 13.0 Å². The minimum absolute atomic E-state index is 0.238. The lowest BCUT2D eigenvalue weighted by Crippen LogP contribution is -2.09. The van der Waals surface area contributed by atoms with Crippen LogP contribution in [0.15, 0.2) is 12.7 Å². The Bertz CT molecular complexity index is 357. The highest BCUT2D eigenvalue weighted by Crippen LogP contribution is 2.12. The summed E-state index contributed by atoms with van der Waals surface area (Å²) in [6, 6.07) is 0.513. The molecule has 1 N–H and O–H groups in total. The van der Waals surface area contributed by atoms with Gasteiger partial charge in [0.1, 0.15) is 6.61 Å². The lowest BCUT2D eigenvalue weighted by molar-refractivity contribution is 0.275. The lowest BCUT2D eigenvalue weighted by atomic mass is 10.5. The predicted molar refractivity (Wildman–Crippen MR) is 65.5 cm³/mol. The summed E-state index contributed by atoms with van der Waals surface area (Å²) >= 11 is 0. The zero-order valence-corrected chi connectivity index (χ0v) is 10.3. The highest BCUT2D eigenvalue weighted by Gasteiger charge is 2.07. The molecule has 0 saturated carbocycles. The van der Waals surface area contributed by atoms with Crippen LogP contribution in [0.25, 0.3) is 0 Å². The van der Waals surface area contributed by atoms with Gasteiger partial charge >= 0.3 is 12.0 Å². The van der Waals surface area contributed by atoms with E-state index < -0.39 is 0 Å². The number of nitrogens with one attached hydrogen (secondary N) is 1. The molecule has 0 aliphatic rings. The topological polar surface area (TPSA) is 69.2 Å². The van der Waals surface area contributed by atoms with Crippen LogP contribution in [0.3, 0.4) is 0 Å². The summed E-state index contributed by atoms with van der Waals surface area (Å²) in [5.41, 5.74) is 0. The Morgan fingerprint density at radius 1 is 1.18 bits per heavy atom. The van der Waals surface area contributed by atoms with Crippen LogP contribution in [0.4, 0.5) is 5.95 Å². The van der Waals surface area contributed by atoms with Gasteiger partial charge in [0.2, 0.25) is 5.95 Å². The molecule has 0 fully saturated rings. The van der Waals surface area contributed by atoms with E-state index in [1.165, 1.54) is 0 Å². The van der Waals surface area contributed by atoms with Gasteiger partial charge in [-0.2, -0.15) is 9.97 Å². The molecular weight excluding hydrogens is 220 g/mol. The van der Waals surface area contributed by atoms with Crippen LogP contribution in [0.5, 0.6) is 12.0 Å². The van der Waals surface area contributed by atoms with E-state index in [1.54, 1.807) is 6.08 Å². The summed E-state index contributed by atoms with van der Waals surface area (Å²) in [5.74, 6) is 0.452. The molecule has 0 saturated heterocycles. The monoisotopic (exact) mass is 238 g/mol. The summed E-state index contributed by atoms with van der Waals surface area (Å²) < 4.78 is 10.6. The fourth-order valence-corrected chi connectivity index (χ4v) is 1.03. The molecule has 0 aromatic carbocycles. The Morgan fingerprint density at radius 2 is 1.88 bits per heavy atom. The van der Waals surface area contributed by atoms with Crippen molar-refractivity contribution in [3.05, 3.63) is 12.7 Å². The molecule has 0 aliphatic heterocycles. The van der Waals surface area contributed by atoms with Crippen LogP contribution in [-0.2, 0) is 0 Å². The van der Waals surface area contributed by atoms with Crippen molar-refractivity contribution in [1.82, 2.24) is 15.0 Å². The molecular formula is C11H18N4O2. The molecule has 6 nitrogen and oxygen atoms in total. The van der Waals surface area contributed by atoms with Gasteiger partial charge in [-0.3, -0.25) is 0 Å². The van der Waals surface area contributed by atoms with Gasteiger partial charge in [-0.1, -0.05) is 19.6 Å². The maximum Gasteiger partial charge on any atom is 0.324 e. The van der Waals surface area contributed by atoms with E-state index in [1.807, 2.05) is 13.8 Å². The van der Waals surface area contributed by atoms with E-state index >= 15 is 0 Å². The minimum atomic E-state index is 0.238. The first-order valence-electron chi connectivity index (χ1n) is 5.66. The fraction of sp³-hybridized carbons (Fsp3) is 0.545. The summed E-state index contributed by atoms with van der Waals surface area (Å²) in [5, 5.41) is 2.99. The van der Waals surface area contributed by atoms with E-state index in [9.17, 15) is 0 Å².